The molecule has 0 bridgehead atoms. The van der Waals surface area contributed by atoms with Gasteiger partial charge in [0.25, 0.3) is 0 Å². The summed E-state index contributed by atoms with van der Waals surface area (Å²) < 4.78 is 13.1. The second kappa shape index (κ2) is 12.6. The van der Waals surface area contributed by atoms with Crippen LogP contribution in [0, 0.1) is 0 Å². The molecule has 3 nitrogen and oxygen atoms in total. The second-order valence-corrected chi connectivity index (χ2v) is 14.1. The van der Waals surface area contributed by atoms with Gasteiger partial charge in [-0.15, -0.1) is 0 Å². The standard InChI is InChI=1S/C52H33NO2/c1-3-9-34(10-4-1)36-15-24-41(25-16-36)53(42-26-17-37(18-27-42)35-11-5-2-6-12-35)43-28-19-38(20-29-43)40-23-32-49-47(33-40)46-31-22-39-21-30-45-44-13-7-8-14-48(44)54-51(45)50(39)52(46)55-49/h1-33H. The molecule has 9 aromatic carbocycles. The molecule has 258 valence electrons. The molecule has 0 atom stereocenters. The SMILES string of the molecule is c1ccc(-c2ccc(N(c3ccc(-c4ccccc4)cc3)c3ccc(-c4ccc5oc6c(ccc7ccc8c9ccccc9oc8c76)c5c4)cc3)cc2)cc1. The van der Waals surface area contributed by atoms with E-state index in [2.05, 4.69) is 193 Å². The zero-order valence-electron chi connectivity index (χ0n) is 29.8. The molecule has 55 heavy (non-hydrogen) atoms. The van der Waals surface area contributed by atoms with E-state index in [1.807, 2.05) is 12.1 Å². The number of hydrogen-bond acceptors (Lipinski definition) is 3. The lowest BCUT2D eigenvalue weighted by molar-refractivity contribution is 0.663. The molecule has 2 heterocycles. The lowest BCUT2D eigenvalue weighted by Gasteiger charge is -2.26. The van der Waals surface area contributed by atoms with E-state index in [1.54, 1.807) is 0 Å². The summed E-state index contributed by atoms with van der Waals surface area (Å²) in [5, 5.41) is 6.50. The van der Waals surface area contributed by atoms with E-state index in [9.17, 15) is 0 Å². The van der Waals surface area contributed by atoms with Crippen LogP contribution < -0.4 is 4.90 Å². The largest absolute Gasteiger partial charge is 0.455 e. The molecule has 0 aliphatic rings. The first-order valence-corrected chi connectivity index (χ1v) is 18.7. The van der Waals surface area contributed by atoms with Gasteiger partial charge >= 0.3 is 0 Å². The van der Waals surface area contributed by atoms with Crippen molar-refractivity contribution in [2.45, 2.75) is 0 Å². The normalized spacial score (nSPS) is 11.6. The molecule has 0 aliphatic heterocycles. The van der Waals surface area contributed by atoms with Gasteiger partial charge in [-0.25, -0.2) is 0 Å². The summed E-state index contributed by atoms with van der Waals surface area (Å²) in [6.07, 6.45) is 0. The van der Waals surface area contributed by atoms with Crippen LogP contribution in [-0.2, 0) is 0 Å². The molecule has 0 unspecified atom stereocenters. The van der Waals surface area contributed by atoms with E-state index >= 15 is 0 Å². The van der Waals surface area contributed by atoms with Gasteiger partial charge in [0.05, 0.1) is 5.39 Å². The fourth-order valence-corrected chi connectivity index (χ4v) is 8.12. The third-order valence-corrected chi connectivity index (χ3v) is 10.9. The summed E-state index contributed by atoms with van der Waals surface area (Å²) in [4.78, 5) is 2.32. The maximum atomic E-state index is 6.62. The van der Waals surface area contributed by atoms with Crippen molar-refractivity contribution in [3.05, 3.63) is 200 Å². The smallest absolute Gasteiger partial charge is 0.147 e. The maximum Gasteiger partial charge on any atom is 0.147 e. The predicted molar refractivity (Wildman–Crippen MR) is 229 cm³/mol. The molecule has 0 saturated carbocycles. The van der Waals surface area contributed by atoms with Crippen LogP contribution >= 0.6 is 0 Å². The highest BCUT2D eigenvalue weighted by Crippen LogP contribution is 2.42. The number of rotatable bonds is 6. The Morgan fingerprint density at radius 3 is 1.25 bits per heavy atom. The highest BCUT2D eigenvalue weighted by atomic mass is 16.3. The highest BCUT2D eigenvalue weighted by molar-refractivity contribution is 6.25. The summed E-state index contributed by atoms with van der Waals surface area (Å²) in [5.41, 5.74) is 13.8. The first kappa shape index (κ1) is 31.2. The van der Waals surface area contributed by atoms with Crippen LogP contribution in [-0.4, -0.2) is 0 Å². The number of furan rings is 2. The average Bonchev–Trinajstić information content (AvgIpc) is 3.83. The number of fused-ring (bicyclic) bond motifs is 9. The van der Waals surface area contributed by atoms with Gasteiger partial charge < -0.3 is 13.7 Å². The quantitative estimate of drug-likeness (QED) is 0.173. The molecule has 3 heteroatoms. The van der Waals surface area contributed by atoms with Crippen LogP contribution in [0.1, 0.15) is 0 Å². The molecule has 0 amide bonds. The van der Waals surface area contributed by atoms with Crippen LogP contribution in [0.2, 0.25) is 0 Å². The van der Waals surface area contributed by atoms with Gasteiger partial charge in [0.15, 0.2) is 0 Å². The number of benzene rings is 9. The van der Waals surface area contributed by atoms with Crippen molar-refractivity contribution in [2.75, 3.05) is 4.90 Å². The summed E-state index contributed by atoms with van der Waals surface area (Å²) in [7, 11) is 0. The zero-order chi connectivity index (χ0) is 36.3. The van der Waals surface area contributed by atoms with Gasteiger partial charge in [-0.1, -0.05) is 133 Å². The fraction of sp³-hybridized carbons (Fsp3) is 0. The minimum absolute atomic E-state index is 0.858. The van der Waals surface area contributed by atoms with Crippen molar-refractivity contribution in [2.24, 2.45) is 0 Å². The van der Waals surface area contributed by atoms with Crippen LogP contribution in [0.25, 0.3) is 88.0 Å². The average molecular weight is 704 g/mol. The van der Waals surface area contributed by atoms with E-state index in [1.165, 1.54) is 22.3 Å². The number of nitrogens with zero attached hydrogens (tertiary/aromatic N) is 1. The Morgan fingerprint density at radius 2 is 0.709 bits per heavy atom. The van der Waals surface area contributed by atoms with Gasteiger partial charge in [-0.3, -0.25) is 0 Å². The van der Waals surface area contributed by atoms with Crippen molar-refractivity contribution < 1.29 is 8.83 Å². The van der Waals surface area contributed by atoms with Crippen molar-refractivity contribution in [1.82, 2.24) is 0 Å². The second-order valence-electron chi connectivity index (χ2n) is 14.1. The summed E-state index contributed by atoms with van der Waals surface area (Å²) in [6, 6.07) is 71.0. The van der Waals surface area contributed by atoms with E-state index < -0.39 is 0 Å². The van der Waals surface area contributed by atoms with Gasteiger partial charge in [-0.05, 0) is 105 Å². The Morgan fingerprint density at radius 1 is 0.291 bits per heavy atom. The van der Waals surface area contributed by atoms with Crippen molar-refractivity contribution in [1.29, 1.82) is 0 Å². The van der Waals surface area contributed by atoms with Crippen LogP contribution in [0.5, 0.6) is 0 Å². The topological polar surface area (TPSA) is 29.5 Å². The molecule has 0 radical (unpaired) electrons. The van der Waals surface area contributed by atoms with E-state index in [0.717, 1.165) is 82.8 Å². The third-order valence-electron chi connectivity index (χ3n) is 10.9. The van der Waals surface area contributed by atoms with E-state index in [0.29, 0.717) is 0 Å². The number of anilines is 3. The van der Waals surface area contributed by atoms with Gasteiger partial charge in [-0.2, -0.15) is 0 Å². The van der Waals surface area contributed by atoms with Gasteiger partial charge in [0, 0.05) is 38.6 Å². The molecule has 0 aliphatic carbocycles. The third kappa shape index (κ3) is 5.28. The molecular formula is C52H33NO2. The minimum Gasteiger partial charge on any atom is -0.455 e. The molecule has 2 aromatic heterocycles. The maximum absolute atomic E-state index is 6.62. The Hall–Kier alpha value is -7.36. The number of para-hydroxylation sites is 1. The first-order chi connectivity index (χ1) is 27.2. The van der Waals surface area contributed by atoms with Gasteiger partial charge in [0.2, 0.25) is 0 Å². The van der Waals surface area contributed by atoms with Crippen molar-refractivity contribution in [3.8, 4) is 33.4 Å². The van der Waals surface area contributed by atoms with Crippen LogP contribution in [0.4, 0.5) is 17.1 Å². The number of hydrogen-bond donors (Lipinski definition) is 0. The minimum atomic E-state index is 0.858. The molecule has 0 saturated heterocycles. The van der Waals surface area contributed by atoms with Crippen LogP contribution in [0.3, 0.4) is 0 Å². The lowest BCUT2D eigenvalue weighted by atomic mass is 10.00. The Labute approximate surface area is 317 Å². The first-order valence-electron chi connectivity index (χ1n) is 18.7. The molecule has 0 fully saturated rings. The molecule has 0 N–H and O–H groups in total. The molecule has 0 spiro atoms. The molecule has 11 rings (SSSR count). The predicted octanol–water partition coefficient (Wildman–Crippen LogP) is 15.1. The monoisotopic (exact) mass is 703 g/mol. The van der Waals surface area contributed by atoms with E-state index in [-0.39, 0.29) is 0 Å². The highest BCUT2D eigenvalue weighted by Gasteiger charge is 2.18. The van der Waals surface area contributed by atoms with Crippen LogP contribution in [0.15, 0.2) is 209 Å². The van der Waals surface area contributed by atoms with E-state index in [4.69, 9.17) is 8.83 Å². The summed E-state index contributed by atoms with van der Waals surface area (Å²) >= 11 is 0. The lowest BCUT2D eigenvalue weighted by Crippen LogP contribution is -2.09. The Kier molecular flexibility index (Phi) is 7.17. The summed E-state index contributed by atoms with van der Waals surface area (Å²) in [5.74, 6) is 0. The Balaban J connectivity index is 0.982. The van der Waals surface area contributed by atoms with Crippen molar-refractivity contribution in [3.63, 3.8) is 0 Å². The summed E-state index contributed by atoms with van der Waals surface area (Å²) in [6.45, 7) is 0. The molecule has 11 aromatic rings. The van der Waals surface area contributed by atoms with Crippen molar-refractivity contribution >= 4 is 71.7 Å². The fourth-order valence-electron chi connectivity index (χ4n) is 8.12. The van der Waals surface area contributed by atoms with Gasteiger partial charge in [0.1, 0.15) is 22.3 Å². The Bertz CT molecular complexity index is 3080. The molecular weight excluding hydrogens is 671 g/mol. The zero-order valence-corrected chi connectivity index (χ0v) is 29.8.